The Morgan fingerprint density at radius 1 is 1.04 bits per heavy atom. The molecule has 6 heteroatoms. The predicted molar refractivity (Wildman–Crippen MR) is 90.1 cm³/mol. The normalized spacial score (nSPS) is 15.8. The summed E-state index contributed by atoms with van der Waals surface area (Å²) in [6.45, 7) is 8.68. The number of ether oxygens (including phenoxy) is 1. The van der Waals surface area contributed by atoms with Crippen molar-refractivity contribution < 1.29 is 19.1 Å². The standard InChI is InChI=1S/C18H24N2O4/c1-12-5-6-16(13(2)21)17(11-12)24-14(3)18(23)20-9-7-19(8-10-20)15(4)22/h5-6,11,14H,7-10H2,1-4H3. The molecule has 1 fully saturated rings. The zero-order valence-electron chi connectivity index (χ0n) is 14.7. The molecule has 130 valence electrons. The minimum absolute atomic E-state index is 0.0252. The number of carbonyl (C=O) groups excluding carboxylic acids is 3. The van der Waals surface area contributed by atoms with E-state index in [0.29, 0.717) is 37.5 Å². The lowest BCUT2D eigenvalue weighted by Crippen LogP contribution is -2.52. The molecule has 0 spiro atoms. The van der Waals surface area contributed by atoms with E-state index in [4.69, 9.17) is 4.74 Å². The fourth-order valence-electron chi connectivity index (χ4n) is 2.76. The number of ketones is 1. The van der Waals surface area contributed by atoms with Gasteiger partial charge in [0, 0.05) is 33.1 Å². The van der Waals surface area contributed by atoms with E-state index in [-0.39, 0.29) is 17.6 Å². The van der Waals surface area contributed by atoms with E-state index in [1.807, 2.05) is 13.0 Å². The van der Waals surface area contributed by atoms with Crippen LogP contribution in [0.5, 0.6) is 5.75 Å². The molecule has 1 aromatic carbocycles. The van der Waals surface area contributed by atoms with Crippen molar-refractivity contribution in [3.8, 4) is 5.75 Å². The van der Waals surface area contributed by atoms with E-state index in [1.165, 1.54) is 13.8 Å². The molecule has 1 aromatic rings. The molecular formula is C18H24N2O4. The maximum Gasteiger partial charge on any atom is 0.263 e. The van der Waals surface area contributed by atoms with E-state index in [1.54, 1.807) is 28.9 Å². The Morgan fingerprint density at radius 3 is 2.17 bits per heavy atom. The highest BCUT2D eigenvalue weighted by Gasteiger charge is 2.27. The van der Waals surface area contributed by atoms with Crippen molar-refractivity contribution in [1.82, 2.24) is 9.80 Å². The quantitative estimate of drug-likeness (QED) is 0.787. The second-order valence-electron chi connectivity index (χ2n) is 6.15. The van der Waals surface area contributed by atoms with Gasteiger partial charge in [0.1, 0.15) is 5.75 Å². The maximum atomic E-state index is 12.6. The number of Topliss-reactive ketones (excluding diaryl/α,β-unsaturated/α-hetero) is 1. The van der Waals surface area contributed by atoms with Crippen LogP contribution >= 0.6 is 0 Å². The number of carbonyl (C=O) groups is 3. The van der Waals surface area contributed by atoms with E-state index in [0.717, 1.165) is 5.56 Å². The first-order valence-corrected chi connectivity index (χ1v) is 8.12. The first kappa shape index (κ1) is 18.0. The fraction of sp³-hybridized carbons (Fsp3) is 0.500. The molecule has 1 saturated heterocycles. The monoisotopic (exact) mass is 332 g/mol. The molecule has 0 bridgehead atoms. The zero-order valence-corrected chi connectivity index (χ0v) is 14.7. The van der Waals surface area contributed by atoms with Crippen LogP contribution < -0.4 is 4.74 Å². The molecule has 1 unspecified atom stereocenters. The van der Waals surface area contributed by atoms with E-state index in [9.17, 15) is 14.4 Å². The smallest absolute Gasteiger partial charge is 0.263 e. The molecule has 1 aliphatic rings. The molecule has 0 radical (unpaired) electrons. The van der Waals surface area contributed by atoms with E-state index >= 15 is 0 Å². The summed E-state index contributed by atoms with van der Waals surface area (Å²) in [5, 5.41) is 0. The third kappa shape index (κ3) is 4.13. The zero-order chi connectivity index (χ0) is 17.9. The summed E-state index contributed by atoms with van der Waals surface area (Å²) >= 11 is 0. The summed E-state index contributed by atoms with van der Waals surface area (Å²) in [6, 6.07) is 5.33. The Morgan fingerprint density at radius 2 is 1.62 bits per heavy atom. The van der Waals surface area contributed by atoms with Crippen molar-refractivity contribution in [3.63, 3.8) is 0 Å². The summed E-state index contributed by atoms with van der Waals surface area (Å²) in [5.74, 6) is 0.233. The third-order valence-corrected chi connectivity index (χ3v) is 4.20. The first-order valence-electron chi connectivity index (χ1n) is 8.12. The summed E-state index contributed by atoms with van der Waals surface area (Å²) in [6.07, 6.45) is -0.686. The summed E-state index contributed by atoms with van der Waals surface area (Å²) in [5.41, 5.74) is 1.44. The minimum atomic E-state index is -0.686. The molecule has 2 rings (SSSR count). The predicted octanol–water partition coefficient (Wildman–Crippen LogP) is 1.66. The van der Waals surface area contributed by atoms with Crippen LogP contribution in [0.4, 0.5) is 0 Å². The van der Waals surface area contributed by atoms with Crippen LogP contribution in [0.25, 0.3) is 0 Å². The molecule has 0 aliphatic carbocycles. The van der Waals surface area contributed by atoms with Crippen LogP contribution in [0, 0.1) is 6.92 Å². The Hall–Kier alpha value is -2.37. The Balaban J connectivity index is 2.04. The van der Waals surface area contributed by atoms with E-state index < -0.39 is 6.10 Å². The Kier molecular flexibility index (Phi) is 5.59. The Bertz CT molecular complexity index is 648. The highest BCUT2D eigenvalue weighted by Crippen LogP contribution is 2.22. The van der Waals surface area contributed by atoms with Crippen LogP contribution in [-0.2, 0) is 9.59 Å². The minimum Gasteiger partial charge on any atom is -0.480 e. The van der Waals surface area contributed by atoms with Gasteiger partial charge in [-0.15, -0.1) is 0 Å². The summed E-state index contributed by atoms with van der Waals surface area (Å²) in [4.78, 5) is 39.1. The Labute approximate surface area is 142 Å². The molecule has 1 atom stereocenters. The van der Waals surface area contributed by atoms with Crippen molar-refractivity contribution >= 4 is 17.6 Å². The number of piperazine rings is 1. The van der Waals surface area contributed by atoms with Crippen LogP contribution in [0.15, 0.2) is 18.2 Å². The molecule has 0 N–H and O–H groups in total. The molecular weight excluding hydrogens is 308 g/mol. The van der Waals surface area contributed by atoms with Gasteiger partial charge in [-0.2, -0.15) is 0 Å². The number of rotatable bonds is 4. The number of nitrogens with zero attached hydrogens (tertiary/aromatic N) is 2. The molecule has 6 nitrogen and oxygen atoms in total. The number of benzene rings is 1. The molecule has 2 amide bonds. The average Bonchev–Trinajstić information content (AvgIpc) is 2.54. The van der Waals surface area contributed by atoms with Crippen molar-refractivity contribution in [1.29, 1.82) is 0 Å². The second-order valence-corrected chi connectivity index (χ2v) is 6.15. The number of amides is 2. The lowest BCUT2D eigenvalue weighted by Gasteiger charge is -2.35. The highest BCUT2D eigenvalue weighted by molar-refractivity contribution is 5.97. The van der Waals surface area contributed by atoms with Crippen LogP contribution in [0.3, 0.4) is 0 Å². The van der Waals surface area contributed by atoms with Crippen LogP contribution in [0.2, 0.25) is 0 Å². The average molecular weight is 332 g/mol. The van der Waals surface area contributed by atoms with Gasteiger partial charge in [-0.05, 0) is 38.5 Å². The van der Waals surface area contributed by atoms with Gasteiger partial charge in [0.2, 0.25) is 5.91 Å². The van der Waals surface area contributed by atoms with Gasteiger partial charge >= 0.3 is 0 Å². The lowest BCUT2D eigenvalue weighted by atomic mass is 10.1. The van der Waals surface area contributed by atoms with Gasteiger partial charge in [0.25, 0.3) is 5.91 Å². The van der Waals surface area contributed by atoms with Crippen LogP contribution in [-0.4, -0.2) is 59.7 Å². The summed E-state index contributed by atoms with van der Waals surface area (Å²) in [7, 11) is 0. The fourth-order valence-corrected chi connectivity index (χ4v) is 2.76. The third-order valence-electron chi connectivity index (χ3n) is 4.20. The molecule has 1 heterocycles. The molecule has 0 aromatic heterocycles. The molecule has 24 heavy (non-hydrogen) atoms. The van der Waals surface area contributed by atoms with Crippen molar-refractivity contribution in [2.45, 2.75) is 33.8 Å². The molecule has 0 saturated carbocycles. The second kappa shape index (κ2) is 7.47. The van der Waals surface area contributed by atoms with Crippen molar-refractivity contribution in [2.75, 3.05) is 26.2 Å². The number of aryl methyl sites for hydroxylation is 1. The van der Waals surface area contributed by atoms with Gasteiger partial charge < -0.3 is 14.5 Å². The largest absolute Gasteiger partial charge is 0.480 e. The first-order chi connectivity index (χ1) is 11.3. The van der Waals surface area contributed by atoms with Gasteiger partial charge in [0.05, 0.1) is 5.56 Å². The molecule has 1 aliphatic heterocycles. The van der Waals surface area contributed by atoms with Gasteiger partial charge in [-0.1, -0.05) is 6.07 Å². The number of hydrogen-bond acceptors (Lipinski definition) is 4. The highest BCUT2D eigenvalue weighted by atomic mass is 16.5. The lowest BCUT2D eigenvalue weighted by molar-refractivity contribution is -0.143. The summed E-state index contributed by atoms with van der Waals surface area (Å²) < 4.78 is 5.78. The van der Waals surface area contributed by atoms with E-state index in [2.05, 4.69) is 0 Å². The van der Waals surface area contributed by atoms with Gasteiger partial charge in [-0.25, -0.2) is 0 Å². The topological polar surface area (TPSA) is 66.9 Å². The van der Waals surface area contributed by atoms with Crippen molar-refractivity contribution in [3.05, 3.63) is 29.3 Å². The maximum absolute atomic E-state index is 12.6. The van der Waals surface area contributed by atoms with Crippen molar-refractivity contribution in [2.24, 2.45) is 0 Å². The SMILES string of the molecule is CC(=O)c1ccc(C)cc1OC(C)C(=O)N1CCN(C(C)=O)CC1. The van der Waals surface area contributed by atoms with Gasteiger partial charge in [0.15, 0.2) is 11.9 Å². The van der Waals surface area contributed by atoms with Gasteiger partial charge in [-0.3, -0.25) is 14.4 Å². The van der Waals surface area contributed by atoms with Crippen LogP contribution in [0.1, 0.15) is 36.7 Å². The number of hydrogen-bond donors (Lipinski definition) is 0.